The summed E-state index contributed by atoms with van der Waals surface area (Å²) in [6, 6.07) is 10.1. The van der Waals surface area contributed by atoms with Gasteiger partial charge in [0.1, 0.15) is 11.5 Å². The molecule has 0 amide bonds. The molecule has 2 N–H and O–H groups in total. The Hall–Kier alpha value is -2.28. The fourth-order valence-electron chi connectivity index (χ4n) is 2.03. The van der Waals surface area contributed by atoms with Gasteiger partial charge in [0.2, 0.25) is 0 Å². The van der Waals surface area contributed by atoms with Crippen LogP contribution in [0.4, 0.5) is 10.1 Å². The predicted molar refractivity (Wildman–Crippen MR) is 81.4 cm³/mol. The van der Waals surface area contributed by atoms with Crippen LogP contribution in [-0.4, -0.2) is 20.2 Å². The molecule has 0 aliphatic heterocycles. The van der Waals surface area contributed by atoms with Crippen molar-refractivity contribution in [2.45, 2.75) is 6.92 Å². The quantitative estimate of drug-likeness (QED) is 0.723. The van der Waals surface area contributed by atoms with Gasteiger partial charge in [-0.2, -0.15) is 4.68 Å². The van der Waals surface area contributed by atoms with Gasteiger partial charge in [0.25, 0.3) is 0 Å². The summed E-state index contributed by atoms with van der Waals surface area (Å²) in [4.78, 5) is 0. The summed E-state index contributed by atoms with van der Waals surface area (Å²) in [6.45, 7) is 1.94. The lowest BCUT2D eigenvalue weighted by molar-refractivity contribution is 0.607. The average molecular weight is 348 g/mol. The van der Waals surface area contributed by atoms with Crippen molar-refractivity contribution in [1.29, 1.82) is 0 Å². The van der Waals surface area contributed by atoms with Crippen LogP contribution in [0.15, 0.2) is 40.9 Å². The van der Waals surface area contributed by atoms with Gasteiger partial charge < -0.3 is 5.73 Å². The van der Waals surface area contributed by atoms with Crippen LogP contribution in [-0.2, 0) is 0 Å². The summed E-state index contributed by atoms with van der Waals surface area (Å²) in [5, 5.41) is 11.5. The highest BCUT2D eigenvalue weighted by Crippen LogP contribution is 2.28. The summed E-state index contributed by atoms with van der Waals surface area (Å²) in [6.07, 6.45) is 0. The third-order valence-electron chi connectivity index (χ3n) is 3.06. The van der Waals surface area contributed by atoms with Gasteiger partial charge in [-0.25, -0.2) is 4.39 Å². The number of aromatic nitrogens is 4. The monoisotopic (exact) mass is 347 g/mol. The summed E-state index contributed by atoms with van der Waals surface area (Å²) < 4.78 is 16.1. The normalized spacial score (nSPS) is 10.8. The van der Waals surface area contributed by atoms with Crippen molar-refractivity contribution in [3.63, 3.8) is 0 Å². The van der Waals surface area contributed by atoms with E-state index in [2.05, 4.69) is 31.5 Å². The van der Waals surface area contributed by atoms with Crippen LogP contribution in [0.3, 0.4) is 0 Å². The minimum Gasteiger partial charge on any atom is -0.398 e. The molecule has 0 saturated carbocycles. The third kappa shape index (κ3) is 2.52. The molecule has 7 heteroatoms. The first-order valence-corrected chi connectivity index (χ1v) is 6.96. The fourth-order valence-corrected chi connectivity index (χ4v) is 2.38. The molecule has 0 aliphatic rings. The number of nitrogens with zero attached hydrogens (tertiary/aromatic N) is 4. The Bertz CT molecular complexity index is 749. The molecule has 21 heavy (non-hydrogen) atoms. The van der Waals surface area contributed by atoms with E-state index in [1.165, 1.54) is 10.7 Å². The number of aryl methyl sites for hydroxylation is 1. The molecule has 3 rings (SSSR count). The lowest BCUT2D eigenvalue weighted by Crippen LogP contribution is -2.04. The smallest absolute Gasteiger partial charge is 0.189 e. The molecule has 106 valence electrons. The molecule has 0 unspecified atom stereocenters. The van der Waals surface area contributed by atoms with Gasteiger partial charge in [-0.3, -0.25) is 0 Å². The molecule has 3 aromatic rings. The van der Waals surface area contributed by atoms with Crippen LogP contribution in [0.1, 0.15) is 5.56 Å². The summed E-state index contributed by atoms with van der Waals surface area (Å²) >= 11 is 3.32. The van der Waals surface area contributed by atoms with E-state index in [-0.39, 0.29) is 5.69 Å². The molecule has 0 radical (unpaired) electrons. The second-order valence-corrected chi connectivity index (χ2v) is 5.52. The van der Waals surface area contributed by atoms with Crippen LogP contribution >= 0.6 is 15.9 Å². The second-order valence-electron chi connectivity index (χ2n) is 4.60. The maximum Gasteiger partial charge on any atom is 0.189 e. The van der Waals surface area contributed by atoms with Crippen molar-refractivity contribution in [2.75, 3.05) is 5.73 Å². The zero-order chi connectivity index (χ0) is 15.0. The molecule has 0 atom stereocenters. The summed E-state index contributed by atoms with van der Waals surface area (Å²) in [7, 11) is 0. The number of anilines is 1. The van der Waals surface area contributed by atoms with Crippen LogP contribution < -0.4 is 5.73 Å². The molecule has 0 aliphatic carbocycles. The highest BCUT2D eigenvalue weighted by Gasteiger charge is 2.16. The van der Waals surface area contributed by atoms with Gasteiger partial charge in [-0.1, -0.05) is 27.6 Å². The summed E-state index contributed by atoms with van der Waals surface area (Å²) in [5.41, 5.74) is 8.46. The number of tetrazole rings is 1. The SMILES string of the molecule is Cc1ccc(N)c(-c2nnnn2-c2cc(Br)ccc2F)c1. The van der Waals surface area contributed by atoms with Gasteiger partial charge in [0.05, 0.1) is 0 Å². The molecule has 0 bridgehead atoms. The minimum atomic E-state index is -0.419. The number of nitrogens with two attached hydrogens (primary N) is 1. The Morgan fingerprint density at radius 3 is 2.81 bits per heavy atom. The Morgan fingerprint density at radius 1 is 1.19 bits per heavy atom. The van der Waals surface area contributed by atoms with Crippen LogP contribution in [0.5, 0.6) is 0 Å². The Kier molecular flexibility index (Phi) is 3.42. The Labute approximate surface area is 128 Å². The minimum absolute atomic E-state index is 0.255. The van der Waals surface area contributed by atoms with Crippen LogP contribution in [0, 0.1) is 12.7 Å². The molecule has 2 aromatic carbocycles. The van der Waals surface area contributed by atoms with Gasteiger partial charge in [0.15, 0.2) is 5.82 Å². The highest BCUT2D eigenvalue weighted by molar-refractivity contribution is 9.10. The topological polar surface area (TPSA) is 69.6 Å². The van der Waals surface area contributed by atoms with Gasteiger partial charge in [-0.15, -0.1) is 5.10 Å². The van der Waals surface area contributed by atoms with Gasteiger partial charge >= 0.3 is 0 Å². The zero-order valence-electron chi connectivity index (χ0n) is 11.1. The number of benzene rings is 2. The van der Waals surface area contributed by atoms with Gasteiger partial charge in [0, 0.05) is 15.7 Å². The van der Waals surface area contributed by atoms with E-state index in [0.29, 0.717) is 17.1 Å². The van der Waals surface area contributed by atoms with Gasteiger partial charge in [-0.05, 0) is 47.7 Å². The van der Waals surface area contributed by atoms with E-state index < -0.39 is 5.82 Å². The average Bonchev–Trinajstić information content (AvgIpc) is 2.93. The summed E-state index contributed by atoms with van der Waals surface area (Å²) in [5.74, 6) is -0.0221. The van der Waals surface area contributed by atoms with E-state index in [1.54, 1.807) is 18.2 Å². The lowest BCUT2D eigenvalue weighted by atomic mass is 10.1. The largest absolute Gasteiger partial charge is 0.398 e. The zero-order valence-corrected chi connectivity index (χ0v) is 12.7. The first-order chi connectivity index (χ1) is 10.1. The predicted octanol–water partition coefficient (Wildman–Crippen LogP) is 3.12. The maximum absolute atomic E-state index is 14.0. The van der Waals surface area contributed by atoms with Crippen molar-refractivity contribution >= 4 is 21.6 Å². The molecule has 1 heterocycles. The van der Waals surface area contributed by atoms with Crippen LogP contribution in [0.25, 0.3) is 17.1 Å². The van der Waals surface area contributed by atoms with E-state index in [4.69, 9.17) is 5.73 Å². The van der Waals surface area contributed by atoms with Crippen molar-refractivity contribution < 1.29 is 4.39 Å². The van der Waals surface area contributed by atoms with Crippen molar-refractivity contribution in [3.8, 4) is 17.1 Å². The number of hydrogen-bond donors (Lipinski definition) is 1. The molecule has 1 aromatic heterocycles. The second kappa shape index (κ2) is 5.25. The highest BCUT2D eigenvalue weighted by atomic mass is 79.9. The standard InChI is InChI=1S/C14H11BrFN5/c1-8-2-5-12(17)10(6-8)14-18-19-20-21(14)13-7-9(15)3-4-11(13)16/h2-7H,17H2,1H3. The van der Waals surface area contributed by atoms with Crippen molar-refractivity contribution in [2.24, 2.45) is 0 Å². The lowest BCUT2D eigenvalue weighted by Gasteiger charge is -2.09. The first kappa shape index (κ1) is 13.7. The Balaban J connectivity index is 2.22. The van der Waals surface area contributed by atoms with E-state index in [0.717, 1.165) is 10.0 Å². The fraction of sp³-hybridized carbons (Fsp3) is 0.0714. The number of halogens is 2. The van der Waals surface area contributed by atoms with Crippen LogP contribution in [0.2, 0.25) is 0 Å². The van der Waals surface area contributed by atoms with E-state index in [1.807, 2.05) is 19.1 Å². The molecule has 0 fully saturated rings. The first-order valence-electron chi connectivity index (χ1n) is 6.16. The number of nitrogen functional groups attached to an aromatic ring is 1. The maximum atomic E-state index is 14.0. The molecule has 0 saturated heterocycles. The molecule has 0 spiro atoms. The van der Waals surface area contributed by atoms with Crippen molar-refractivity contribution in [3.05, 3.63) is 52.3 Å². The van der Waals surface area contributed by atoms with E-state index >= 15 is 0 Å². The number of hydrogen-bond acceptors (Lipinski definition) is 4. The van der Waals surface area contributed by atoms with Crippen molar-refractivity contribution in [1.82, 2.24) is 20.2 Å². The third-order valence-corrected chi connectivity index (χ3v) is 3.55. The molecule has 5 nitrogen and oxygen atoms in total. The molecular formula is C14H11BrFN5. The Morgan fingerprint density at radius 2 is 2.00 bits per heavy atom. The van der Waals surface area contributed by atoms with E-state index in [9.17, 15) is 4.39 Å². The number of rotatable bonds is 2. The molecular weight excluding hydrogens is 337 g/mol.